The summed E-state index contributed by atoms with van der Waals surface area (Å²) in [4.78, 5) is 11.7. The summed E-state index contributed by atoms with van der Waals surface area (Å²) in [6.07, 6.45) is 0.374. The minimum atomic E-state index is -0.714. The van der Waals surface area contributed by atoms with Gasteiger partial charge in [0.05, 0.1) is 12.2 Å². The number of nitrogens with two attached hydrogens (primary N) is 1. The van der Waals surface area contributed by atoms with E-state index in [1.807, 2.05) is 20.8 Å². The molecule has 0 unspecified atom stereocenters. The Hall–Kier alpha value is -1.59. The minimum absolute atomic E-state index is 0.184. The van der Waals surface area contributed by atoms with Gasteiger partial charge in [-0.05, 0) is 44.9 Å². The molecule has 112 valence electrons. The lowest BCUT2D eigenvalue weighted by molar-refractivity contribution is -0.148. The van der Waals surface area contributed by atoms with Crippen LogP contribution in [0.4, 0.5) is 0 Å². The maximum Gasteiger partial charge on any atom is 0.323 e. The molecule has 0 aliphatic heterocycles. The zero-order chi connectivity index (χ0) is 15.2. The third kappa shape index (κ3) is 6.54. The van der Waals surface area contributed by atoms with Crippen LogP contribution in [0.2, 0.25) is 0 Å². The second-order valence-electron chi connectivity index (χ2n) is 5.61. The highest BCUT2D eigenvalue weighted by atomic mass is 16.6. The average molecular weight is 281 g/mol. The van der Waals surface area contributed by atoms with Crippen molar-refractivity contribution in [2.24, 2.45) is 5.73 Å². The number of phenolic OH excluding ortho intramolecular Hbond substituents is 1. The molecular weight excluding hydrogens is 258 g/mol. The van der Waals surface area contributed by atoms with Gasteiger partial charge in [0.1, 0.15) is 18.4 Å². The van der Waals surface area contributed by atoms with E-state index in [4.69, 9.17) is 15.2 Å². The van der Waals surface area contributed by atoms with Gasteiger partial charge in [0.2, 0.25) is 0 Å². The Balaban J connectivity index is 2.30. The molecule has 0 heterocycles. The predicted octanol–water partition coefficient (Wildman–Crippen LogP) is 1.62. The highest BCUT2D eigenvalue weighted by Gasteiger charge is 2.16. The standard InChI is InChI=1S/C15H23NO4/c1-15(2,3)20-9-8-19-14(18)13(16)10-11-4-6-12(17)7-5-11/h4-7,13,17H,8-10,16H2,1-3H3/t13-/m0/s1. The van der Waals surface area contributed by atoms with Gasteiger partial charge < -0.3 is 20.3 Å². The number of hydrogen-bond acceptors (Lipinski definition) is 5. The van der Waals surface area contributed by atoms with Crippen molar-refractivity contribution in [2.75, 3.05) is 13.2 Å². The lowest BCUT2D eigenvalue weighted by atomic mass is 10.1. The molecule has 1 atom stereocenters. The van der Waals surface area contributed by atoms with E-state index < -0.39 is 12.0 Å². The monoisotopic (exact) mass is 281 g/mol. The highest BCUT2D eigenvalue weighted by Crippen LogP contribution is 2.11. The van der Waals surface area contributed by atoms with Crippen LogP contribution < -0.4 is 5.73 Å². The molecule has 0 bridgehead atoms. The molecule has 1 aromatic rings. The van der Waals surface area contributed by atoms with E-state index >= 15 is 0 Å². The van der Waals surface area contributed by atoms with Crippen molar-refractivity contribution in [1.29, 1.82) is 0 Å². The SMILES string of the molecule is CC(C)(C)OCCOC(=O)[C@@H](N)Cc1ccc(O)cc1. The average Bonchev–Trinajstić information content (AvgIpc) is 2.36. The molecule has 0 saturated heterocycles. The van der Waals surface area contributed by atoms with Gasteiger partial charge >= 0.3 is 5.97 Å². The van der Waals surface area contributed by atoms with E-state index in [0.717, 1.165) is 5.56 Å². The molecule has 1 aromatic carbocycles. The van der Waals surface area contributed by atoms with Gasteiger partial charge in [-0.2, -0.15) is 0 Å². The van der Waals surface area contributed by atoms with Crippen molar-refractivity contribution >= 4 is 5.97 Å². The second-order valence-corrected chi connectivity index (χ2v) is 5.61. The number of aromatic hydroxyl groups is 1. The molecule has 1 rings (SSSR count). The van der Waals surface area contributed by atoms with E-state index in [0.29, 0.717) is 13.0 Å². The fraction of sp³-hybridized carbons (Fsp3) is 0.533. The summed E-state index contributed by atoms with van der Waals surface area (Å²) < 4.78 is 10.5. The van der Waals surface area contributed by atoms with Crippen molar-refractivity contribution in [1.82, 2.24) is 0 Å². The van der Waals surface area contributed by atoms with Crippen LogP contribution in [0.3, 0.4) is 0 Å². The van der Waals surface area contributed by atoms with Gasteiger partial charge in [-0.1, -0.05) is 12.1 Å². The number of benzene rings is 1. The first-order valence-corrected chi connectivity index (χ1v) is 6.62. The molecule has 5 nitrogen and oxygen atoms in total. The molecular formula is C15H23NO4. The quantitative estimate of drug-likeness (QED) is 0.611. The topological polar surface area (TPSA) is 81.8 Å². The van der Waals surface area contributed by atoms with Crippen LogP contribution in [0.25, 0.3) is 0 Å². The smallest absolute Gasteiger partial charge is 0.323 e. The van der Waals surface area contributed by atoms with Crippen molar-refractivity contribution in [3.8, 4) is 5.75 Å². The largest absolute Gasteiger partial charge is 0.508 e. The van der Waals surface area contributed by atoms with Gasteiger partial charge in [-0.25, -0.2) is 0 Å². The molecule has 20 heavy (non-hydrogen) atoms. The zero-order valence-corrected chi connectivity index (χ0v) is 12.3. The van der Waals surface area contributed by atoms with Gasteiger partial charge in [-0.3, -0.25) is 4.79 Å². The molecule has 0 aliphatic rings. The fourth-order valence-corrected chi connectivity index (χ4v) is 1.57. The summed E-state index contributed by atoms with van der Waals surface area (Å²) in [5.74, 6) is -0.264. The third-order valence-corrected chi connectivity index (χ3v) is 2.56. The molecule has 0 aromatic heterocycles. The summed E-state index contributed by atoms with van der Waals surface area (Å²) in [5.41, 5.74) is 6.40. The van der Waals surface area contributed by atoms with Gasteiger partial charge in [0.15, 0.2) is 0 Å². The first-order valence-electron chi connectivity index (χ1n) is 6.62. The molecule has 5 heteroatoms. The van der Waals surface area contributed by atoms with Gasteiger partial charge in [0, 0.05) is 0 Å². The number of rotatable bonds is 6. The number of phenols is 1. The Morgan fingerprint density at radius 1 is 1.25 bits per heavy atom. The molecule has 0 aliphatic carbocycles. The van der Waals surface area contributed by atoms with Crippen molar-refractivity contribution in [3.63, 3.8) is 0 Å². The number of hydrogen-bond donors (Lipinski definition) is 2. The van der Waals surface area contributed by atoms with Crippen LogP contribution in [0.15, 0.2) is 24.3 Å². The fourth-order valence-electron chi connectivity index (χ4n) is 1.57. The van der Waals surface area contributed by atoms with Crippen LogP contribution in [-0.4, -0.2) is 35.9 Å². The number of ether oxygens (including phenoxy) is 2. The maximum absolute atomic E-state index is 11.7. The maximum atomic E-state index is 11.7. The summed E-state index contributed by atoms with van der Waals surface area (Å²) in [6, 6.07) is 5.86. The van der Waals surface area contributed by atoms with Gasteiger partial charge in [-0.15, -0.1) is 0 Å². The summed E-state index contributed by atoms with van der Waals surface area (Å²) in [7, 11) is 0. The van der Waals surface area contributed by atoms with Crippen LogP contribution in [0, 0.1) is 0 Å². The molecule has 0 radical (unpaired) electrons. The highest BCUT2D eigenvalue weighted by molar-refractivity contribution is 5.75. The van der Waals surface area contributed by atoms with Crippen molar-refractivity contribution < 1.29 is 19.4 Å². The van der Waals surface area contributed by atoms with E-state index in [-0.39, 0.29) is 18.0 Å². The summed E-state index contributed by atoms with van der Waals surface area (Å²) >= 11 is 0. The van der Waals surface area contributed by atoms with E-state index in [1.165, 1.54) is 0 Å². The Bertz CT molecular complexity index is 422. The first-order chi connectivity index (χ1) is 9.28. The Morgan fingerprint density at radius 2 is 1.85 bits per heavy atom. The predicted molar refractivity (Wildman–Crippen MR) is 76.5 cm³/mol. The van der Waals surface area contributed by atoms with E-state index in [2.05, 4.69) is 0 Å². The van der Waals surface area contributed by atoms with Crippen LogP contribution in [0.5, 0.6) is 5.75 Å². The number of carbonyl (C=O) groups excluding carboxylic acids is 1. The van der Waals surface area contributed by atoms with Crippen LogP contribution in [-0.2, 0) is 20.7 Å². The Labute approximate surface area is 119 Å². The number of carbonyl (C=O) groups is 1. The number of esters is 1. The van der Waals surface area contributed by atoms with Crippen molar-refractivity contribution in [3.05, 3.63) is 29.8 Å². The summed E-state index contributed by atoms with van der Waals surface area (Å²) in [6.45, 7) is 6.35. The van der Waals surface area contributed by atoms with Crippen LogP contribution in [0.1, 0.15) is 26.3 Å². The third-order valence-electron chi connectivity index (χ3n) is 2.56. The second kappa shape index (κ2) is 7.26. The van der Waals surface area contributed by atoms with Crippen LogP contribution >= 0.6 is 0 Å². The summed E-state index contributed by atoms with van der Waals surface area (Å²) in [5, 5.41) is 9.17. The van der Waals surface area contributed by atoms with Gasteiger partial charge in [0.25, 0.3) is 0 Å². The molecule has 3 N–H and O–H groups in total. The lowest BCUT2D eigenvalue weighted by Crippen LogP contribution is -2.35. The molecule has 0 spiro atoms. The first kappa shape index (κ1) is 16.5. The molecule has 0 fully saturated rings. The zero-order valence-electron chi connectivity index (χ0n) is 12.3. The van der Waals surface area contributed by atoms with Crippen molar-refractivity contribution in [2.45, 2.75) is 38.8 Å². The Kier molecular flexibility index (Phi) is 5.98. The molecule has 0 saturated carbocycles. The van der Waals surface area contributed by atoms with E-state index in [1.54, 1.807) is 24.3 Å². The molecule has 0 amide bonds. The van der Waals surface area contributed by atoms with E-state index in [9.17, 15) is 9.90 Å². The Morgan fingerprint density at radius 3 is 2.40 bits per heavy atom. The normalized spacial score (nSPS) is 13.0. The minimum Gasteiger partial charge on any atom is -0.508 e. The lowest BCUT2D eigenvalue weighted by Gasteiger charge is -2.19.